The first-order valence-electron chi connectivity index (χ1n) is 36.2. The number of carbonyl (C=O) groups excluding carboxylic acids is 1. The number of allylic oxidation sites excluding steroid dienone is 25. The zero-order valence-corrected chi connectivity index (χ0v) is 55.8. The third kappa shape index (κ3) is 70.7. The average Bonchev–Trinajstić information content (AvgIpc) is 3.51. The van der Waals surface area contributed by atoms with Crippen molar-refractivity contribution in [2.75, 3.05) is 6.61 Å². The molecule has 0 saturated heterocycles. The summed E-state index contributed by atoms with van der Waals surface area (Å²) in [6.45, 7) is 4.19. The van der Waals surface area contributed by atoms with E-state index >= 15 is 0 Å². The molecule has 2 atom stereocenters. The fraction of sp³-hybridized carbons (Fsp3) is 0.667. The van der Waals surface area contributed by atoms with Crippen LogP contribution in [0.25, 0.3) is 0 Å². The van der Waals surface area contributed by atoms with Crippen molar-refractivity contribution in [1.29, 1.82) is 0 Å². The lowest BCUT2D eigenvalue weighted by Gasteiger charge is -2.19. The van der Waals surface area contributed by atoms with Crippen LogP contribution in [0.3, 0.4) is 0 Å². The van der Waals surface area contributed by atoms with E-state index in [0.29, 0.717) is 6.42 Å². The van der Waals surface area contributed by atoms with E-state index in [0.717, 1.165) is 109 Å². The topological polar surface area (TPSA) is 69.6 Å². The summed E-state index contributed by atoms with van der Waals surface area (Å²) in [6.07, 6.45) is 118. The number of carbonyl (C=O) groups is 1. The molecule has 0 aromatic rings. The second-order valence-electron chi connectivity index (χ2n) is 23.9. The SMILES string of the molecule is CC/C=C\C/C=C\C/C=C\C/C=C\C/C=C\C/C=C\C/C=C\C/C=C\C/C=C\C/C=C\CCCCCCCCCCCCC(=O)NC(CO)C(O)/C=C/CC/C=C/CC/C=C/CCCCCCCCCCCCCCCCCCCCCCCC. The highest BCUT2D eigenvalue weighted by Crippen LogP contribution is 2.17. The van der Waals surface area contributed by atoms with Crippen molar-refractivity contribution in [3.8, 4) is 0 Å². The molecule has 0 aliphatic carbocycles. The van der Waals surface area contributed by atoms with Gasteiger partial charge in [-0.05, 0) is 122 Å². The van der Waals surface area contributed by atoms with E-state index in [1.807, 2.05) is 6.08 Å². The highest BCUT2D eigenvalue weighted by Gasteiger charge is 2.18. The zero-order valence-electron chi connectivity index (χ0n) is 55.8. The number of nitrogens with one attached hydrogen (secondary N) is 1. The average molecular weight is 1170 g/mol. The molecular formula is C81H137NO3. The van der Waals surface area contributed by atoms with E-state index in [-0.39, 0.29) is 12.5 Å². The summed E-state index contributed by atoms with van der Waals surface area (Å²) in [5.41, 5.74) is 0. The first-order chi connectivity index (χ1) is 42.2. The Labute approximate surface area is 528 Å². The molecule has 4 nitrogen and oxygen atoms in total. The van der Waals surface area contributed by atoms with Gasteiger partial charge in [-0.25, -0.2) is 0 Å². The molecule has 0 aliphatic heterocycles. The maximum absolute atomic E-state index is 12.5. The minimum absolute atomic E-state index is 0.0861. The molecule has 484 valence electrons. The fourth-order valence-corrected chi connectivity index (χ4v) is 10.3. The lowest BCUT2D eigenvalue weighted by atomic mass is 10.0. The van der Waals surface area contributed by atoms with Crippen molar-refractivity contribution in [2.24, 2.45) is 0 Å². The second-order valence-corrected chi connectivity index (χ2v) is 23.9. The van der Waals surface area contributed by atoms with Gasteiger partial charge in [0.1, 0.15) is 0 Å². The van der Waals surface area contributed by atoms with Crippen molar-refractivity contribution < 1.29 is 15.0 Å². The summed E-state index contributed by atoms with van der Waals surface area (Å²) in [7, 11) is 0. The summed E-state index contributed by atoms with van der Waals surface area (Å²) in [6, 6.07) is -0.661. The molecule has 0 fully saturated rings. The van der Waals surface area contributed by atoms with Crippen molar-refractivity contribution in [3.05, 3.63) is 158 Å². The van der Waals surface area contributed by atoms with Crippen LogP contribution in [0.1, 0.15) is 328 Å². The second kappa shape index (κ2) is 74.3. The van der Waals surface area contributed by atoms with Crippen LogP contribution >= 0.6 is 0 Å². The molecule has 85 heavy (non-hydrogen) atoms. The molecule has 0 radical (unpaired) electrons. The molecule has 0 rings (SSSR count). The molecule has 0 aromatic heterocycles. The van der Waals surface area contributed by atoms with Crippen molar-refractivity contribution >= 4 is 5.91 Å². The predicted molar refractivity (Wildman–Crippen MR) is 381 cm³/mol. The van der Waals surface area contributed by atoms with E-state index in [1.54, 1.807) is 6.08 Å². The Morgan fingerprint density at radius 1 is 0.294 bits per heavy atom. The highest BCUT2D eigenvalue weighted by atomic mass is 16.3. The van der Waals surface area contributed by atoms with Crippen molar-refractivity contribution in [1.82, 2.24) is 5.32 Å². The number of aliphatic hydroxyl groups excluding tert-OH is 2. The van der Waals surface area contributed by atoms with Gasteiger partial charge in [0.15, 0.2) is 0 Å². The normalized spacial score (nSPS) is 13.7. The summed E-state index contributed by atoms with van der Waals surface area (Å²) in [5, 5.41) is 23.3. The molecular weight excluding hydrogens is 1030 g/mol. The molecule has 1 amide bonds. The number of hydrogen-bond acceptors (Lipinski definition) is 3. The van der Waals surface area contributed by atoms with Crippen LogP contribution in [-0.2, 0) is 4.79 Å². The Balaban J connectivity index is 3.61. The number of amides is 1. The van der Waals surface area contributed by atoms with E-state index in [4.69, 9.17) is 0 Å². The third-order valence-corrected chi connectivity index (χ3v) is 15.7. The van der Waals surface area contributed by atoms with Crippen molar-refractivity contribution in [2.45, 2.75) is 341 Å². The Kier molecular flexibility index (Phi) is 70.8. The van der Waals surface area contributed by atoms with Gasteiger partial charge in [-0.15, -0.1) is 0 Å². The molecule has 0 heterocycles. The number of aliphatic hydroxyl groups is 2. The molecule has 0 aromatic carbocycles. The van der Waals surface area contributed by atoms with Crippen LogP contribution in [0.15, 0.2) is 158 Å². The van der Waals surface area contributed by atoms with E-state index in [9.17, 15) is 15.0 Å². The van der Waals surface area contributed by atoms with Gasteiger partial charge >= 0.3 is 0 Å². The van der Waals surface area contributed by atoms with Crippen LogP contribution in [-0.4, -0.2) is 34.9 Å². The quantitative estimate of drug-likeness (QED) is 0.0420. The Morgan fingerprint density at radius 3 is 0.824 bits per heavy atom. The summed E-state index contributed by atoms with van der Waals surface area (Å²) >= 11 is 0. The largest absolute Gasteiger partial charge is 0.394 e. The van der Waals surface area contributed by atoms with Crippen LogP contribution in [0.4, 0.5) is 0 Å². The zero-order chi connectivity index (χ0) is 61.2. The van der Waals surface area contributed by atoms with Gasteiger partial charge in [0.05, 0.1) is 18.8 Å². The van der Waals surface area contributed by atoms with Gasteiger partial charge in [-0.3, -0.25) is 4.79 Å². The first-order valence-corrected chi connectivity index (χ1v) is 36.2. The summed E-state index contributed by atoms with van der Waals surface area (Å²) < 4.78 is 0. The summed E-state index contributed by atoms with van der Waals surface area (Å²) in [4.78, 5) is 12.5. The van der Waals surface area contributed by atoms with Crippen LogP contribution in [0.2, 0.25) is 0 Å². The molecule has 0 saturated carbocycles. The number of rotatable bonds is 65. The molecule has 0 aliphatic rings. The van der Waals surface area contributed by atoms with E-state index in [1.165, 1.54) is 199 Å². The van der Waals surface area contributed by atoms with E-state index in [2.05, 4.69) is 165 Å². The smallest absolute Gasteiger partial charge is 0.220 e. The molecule has 2 unspecified atom stereocenters. The Bertz CT molecular complexity index is 1760. The van der Waals surface area contributed by atoms with Gasteiger partial charge < -0.3 is 15.5 Å². The third-order valence-electron chi connectivity index (χ3n) is 15.7. The van der Waals surface area contributed by atoms with Gasteiger partial charge in [0, 0.05) is 6.42 Å². The number of unbranched alkanes of at least 4 members (excludes halogenated alkanes) is 34. The molecule has 3 N–H and O–H groups in total. The van der Waals surface area contributed by atoms with E-state index < -0.39 is 12.1 Å². The van der Waals surface area contributed by atoms with Crippen molar-refractivity contribution in [3.63, 3.8) is 0 Å². The van der Waals surface area contributed by atoms with Crippen LogP contribution in [0, 0.1) is 0 Å². The molecule has 4 heteroatoms. The predicted octanol–water partition coefficient (Wildman–Crippen LogP) is 25.2. The minimum Gasteiger partial charge on any atom is -0.394 e. The standard InChI is InChI=1S/C81H137NO3/c1-3-5-7-9-11-13-15-17-19-21-23-25-27-29-31-33-35-37-38-39-40-41-42-43-44-45-47-49-51-53-55-57-59-61-63-65-67-69-71-73-75-77-81(85)82-79(78-83)80(84)76-74-72-70-68-66-64-62-60-58-56-54-52-50-48-46-36-34-32-30-28-26-24-22-20-18-16-14-12-10-8-6-4-2/h5,7,11,13,17,19,23,25,29,31,35,37,39-40,42-43,45,47,51,53,58,60,66,68,74,76,79-80,83-84H,3-4,6,8-10,12,14-16,18,20-22,24,26-28,30,32-34,36,38,41,44,46,48-50,52,54-57,59,61-65,67,69-73,75,77-78H2,1-2H3,(H,82,85)/b7-5-,13-11-,19-17-,25-23-,31-29-,37-35-,40-39-,43-42-,47-45-,53-51-,60-58+,68-66+,76-74+. The Hall–Kier alpha value is -3.99. The molecule has 0 spiro atoms. The van der Waals surface area contributed by atoms with Crippen LogP contribution < -0.4 is 5.32 Å². The van der Waals surface area contributed by atoms with Gasteiger partial charge in [-0.1, -0.05) is 358 Å². The molecule has 0 bridgehead atoms. The monoisotopic (exact) mass is 1170 g/mol. The van der Waals surface area contributed by atoms with Gasteiger partial charge in [-0.2, -0.15) is 0 Å². The van der Waals surface area contributed by atoms with Crippen LogP contribution in [0.5, 0.6) is 0 Å². The Morgan fingerprint density at radius 2 is 0.529 bits per heavy atom. The highest BCUT2D eigenvalue weighted by molar-refractivity contribution is 5.76. The summed E-state index contributed by atoms with van der Waals surface area (Å²) in [5.74, 6) is -0.0861. The lowest BCUT2D eigenvalue weighted by Crippen LogP contribution is -2.45. The number of hydrogen-bond donors (Lipinski definition) is 3. The fourth-order valence-electron chi connectivity index (χ4n) is 10.3. The minimum atomic E-state index is -0.885. The van der Waals surface area contributed by atoms with Gasteiger partial charge in [0.25, 0.3) is 0 Å². The lowest BCUT2D eigenvalue weighted by molar-refractivity contribution is -0.123. The maximum atomic E-state index is 12.5. The van der Waals surface area contributed by atoms with Gasteiger partial charge in [0.2, 0.25) is 5.91 Å². The maximum Gasteiger partial charge on any atom is 0.220 e. The first kappa shape index (κ1) is 81.0.